The normalized spacial score (nSPS) is 12.5. The molecule has 0 saturated carbocycles. The molecule has 0 aliphatic rings. The van der Waals surface area contributed by atoms with Gasteiger partial charge >= 0.3 is 6.18 Å². The van der Waals surface area contributed by atoms with Crippen LogP contribution in [-0.4, -0.2) is 33.4 Å². The van der Waals surface area contributed by atoms with E-state index >= 15 is 0 Å². The van der Waals surface area contributed by atoms with Gasteiger partial charge in [-0.15, -0.1) is 0 Å². The zero-order valence-electron chi connectivity index (χ0n) is 15.5. The first-order valence-corrected chi connectivity index (χ1v) is 8.19. The molecule has 0 radical (unpaired) electrons. The van der Waals surface area contributed by atoms with Crippen LogP contribution in [0, 0.1) is 0 Å². The molecule has 150 valence electrons. The molecule has 0 aliphatic heterocycles. The van der Waals surface area contributed by atoms with Crippen molar-refractivity contribution in [2.75, 3.05) is 21.3 Å². The number of ether oxygens (including phenoxy) is 3. The van der Waals surface area contributed by atoms with E-state index in [1.54, 1.807) is 24.3 Å². The summed E-state index contributed by atoms with van der Waals surface area (Å²) in [7, 11) is 4.19. The van der Waals surface area contributed by atoms with Crippen molar-refractivity contribution >= 4 is 12.0 Å². The Kier molecular flexibility index (Phi) is 6.92. The molecule has 5 nitrogen and oxygen atoms in total. The largest absolute Gasteiger partial charge is 0.497 e. The van der Waals surface area contributed by atoms with E-state index in [-0.39, 0.29) is 17.1 Å². The summed E-state index contributed by atoms with van der Waals surface area (Å²) in [5.41, 5.74) is 0.442. The average Bonchev–Trinajstić information content (AvgIpc) is 2.69. The van der Waals surface area contributed by atoms with Gasteiger partial charge in [-0.1, -0.05) is 18.2 Å². The van der Waals surface area contributed by atoms with Crippen molar-refractivity contribution in [2.24, 2.45) is 0 Å². The Morgan fingerprint density at radius 1 is 1.00 bits per heavy atom. The van der Waals surface area contributed by atoms with E-state index in [2.05, 4.69) is 0 Å². The number of amides is 1. The Balaban J connectivity index is 2.22. The lowest BCUT2D eigenvalue weighted by molar-refractivity contribution is -0.162. The molecule has 0 aliphatic carbocycles. The Morgan fingerprint density at radius 3 is 2.32 bits per heavy atom. The van der Waals surface area contributed by atoms with Crippen molar-refractivity contribution in [3.05, 3.63) is 59.7 Å². The maximum atomic E-state index is 13.5. The van der Waals surface area contributed by atoms with Crippen LogP contribution >= 0.6 is 0 Å². The lowest BCUT2D eigenvalue weighted by Gasteiger charge is -2.22. The summed E-state index contributed by atoms with van der Waals surface area (Å²) in [4.78, 5) is 12.1. The number of carbonyl (C=O) groups is 1. The third-order valence-corrected chi connectivity index (χ3v) is 3.88. The van der Waals surface area contributed by atoms with Crippen molar-refractivity contribution in [3.8, 4) is 17.2 Å². The Labute approximate surface area is 160 Å². The van der Waals surface area contributed by atoms with E-state index in [0.717, 1.165) is 6.08 Å². The highest BCUT2D eigenvalue weighted by atomic mass is 19.4. The molecule has 1 N–H and O–H groups in total. The van der Waals surface area contributed by atoms with Crippen LogP contribution in [0.2, 0.25) is 0 Å². The number of carbonyl (C=O) groups excluding carboxylic acids is 1. The summed E-state index contributed by atoms with van der Waals surface area (Å²) in [6, 6.07) is 8.34. The van der Waals surface area contributed by atoms with Gasteiger partial charge in [0.25, 0.3) is 0 Å². The molecule has 2 aromatic carbocycles. The molecule has 1 unspecified atom stereocenters. The van der Waals surface area contributed by atoms with Gasteiger partial charge in [0.1, 0.15) is 5.75 Å². The molecule has 2 rings (SSSR count). The number of rotatable bonds is 7. The fourth-order valence-corrected chi connectivity index (χ4v) is 2.49. The SMILES string of the molecule is COc1cccc(C=CC(=O)NC(c2ccc(OC)c(OC)c2)C(F)(F)F)c1. The van der Waals surface area contributed by atoms with E-state index in [9.17, 15) is 18.0 Å². The molecule has 8 heteroatoms. The second-order valence-corrected chi connectivity index (χ2v) is 5.71. The van der Waals surface area contributed by atoms with Gasteiger partial charge in [0, 0.05) is 6.08 Å². The summed E-state index contributed by atoms with van der Waals surface area (Å²) in [5.74, 6) is 0.104. The number of halogens is 3. The lowest BCUT2D eigenvalue weighted by Crippen LogP contribution is -2.37. The van der Waals surface area contributed by atoms with Gasteiger partial charge in [0.2, 0.25) is 5.91 Å². The van der Waals surface area contributed by atoms with Crippen LogP contribution in [-0.2, 0) is 4.79 Å². The number of benzene rings is 2. The Morgan fingerprint density at radius 2 is 1.71 bits per heavy atom. The van der Waals surface area contributed by atoms with Gasteiger partial charge in [0.15, 0.2) is 17.5 Å². The minimum Gasteiger partial charge on any atom is -0.497 e. The molecule has 28 heavy (non-hydrogen) atoms. The second kappa shape index (κ2) is 9.16. The van der Waals surface area contributed by atoms with Crippen LogP contribution in [0.25, 0.3) is 6.08 Å². The third-order valence-electron chi connectivity index (χ3n) is 3.88. The van der Waals surface area contributed by atoms with Gasteiger partial charge in [-0.3, -0.25) is 4.79 Å². The van der Waals surface area contributed by atoms with Crippen molar-refractivity contribution in [1.82, 2.24) is 5.32 Å². The van der Waals surface area contributed by atoms with Crippen molar-refractivity contribution in [2.45, 2.75) is 12.2 Å². The Bertz CT molecular complexity index is 850. The quantitative estimate of drug-likeness (QED) is 0.716. The van der Waals surface area contributed by atoms with Gasteiger partial charge in [0.05, 0.1) is 21.3 Å². The van der Waals surface area contributed by atoms with Crippen LogP contribution < -0.4 is 19.5 Å². The van der Waals surface area contributed by atoms with Crippen LogP contribution in [0.1, 0.15) is 17.2 Å². The number of hydrogen-bond donors (Lipinski definition) is 1. The van der Waals surface area contributed by atoms with Crippen LogP contribution in [0.15, 0.2) is 48.5 Å². The number of alkyl halides is 3. The molecule has 0 saturated heterocycles. The van der Waals surface area contributed by atoms with Gasteiger partial charge < -0.3 is 19.5 Å². The Hall–Kier alpha value is -3.16. The van der Waals surface area contributed by atoms with Crippen LogP contribution in [0.4, 0.5) is 13.2 Å². The molecule has 2 aromatic rings. The highest BCUT2D eigenvalue weighted by molar-refractivity contribution is 5.92. The second-order valence-electron chi connectivity index (χ2n) is 5.71. The molecule has 1 atom stereocenters. The van der Waals surface area contributed by atoms with E-state index in [0.29, 0.717) is 11.3 Å². The maximum Gasteiger partial charge on any atom is 0.412 e. The predicted octanol–water partition coefficient (Wildman–Crippen LogP) is 4.15. The summed E-state index contributed by atoms with van der Waals surface area (Å²) < 4.78 is 55.7. The maximum absolute atomic E-state index is 13.5. The third kappa shape index (κ3) is 5.42. The summed E-state index contributed by atoms with van der Waals surface area (Å²) in [5, 5.41) is 1.98. The van der Waals surface area contributed by atoms with E-state index in [1.165, 1.54) is 45.6 Å². The summed E-state index contributed by atoms with van der Waals surface area (Å²) in [6.45, 7) is 0. The van der Waals surface area contributed by atoms with E-state index in [4.69, 9.17) is 14.2 Å². The molecule has 1 amide bonds. The first-order valence-electron chi connectivity index (χ1n) is 8.19. The lowest BCUT2D eigenvalue weighted by atomic mass is 10.1. The molecule has 0 spiro atoms. The monoisotopic (exact) mass is 395 g/mol. The van der Waals surface area contributed by atoms with Crippen LogP contribution in [0.3, 0.4) is 0 Å². The fraction of sp³-hybridized carbons (Fsp3) is 0.250. The van der Waals surface area contributed by atoms with Gasteiger partial charge in [-0.2, -0.15) is 13.2 Å². The van der Waals surface area contributed by atoms with E-state index in [1.807, 2.05) is 5.32 Å². The summed E-state index contributed by atoms with van der Waals surface area (Å²) in [6.07, 6.45) is -2.26. The number of hydrogen-bond acceptors (Lipinski definition) is 4. The highest BCUT2D eigenvalue weighted by Gasteiger charge is 2.42. The molecular formula is C20H20F3NO4. The zero-order chi connectivity index (χ0) is 20.7. The van der Waals surface area contributed by atoms with Crippen molar-refractivity contribution < 1.29 is 32.2 Å². The minimum atomic E-state index is -4.70. The van der Waals surface area contributed by atoms with Crippen LogP contribution in [0.5, 0.6) is 17.2 Å². The topological polar surface area (TPSA) is 56.8 Å². The summed E-state index contributed by atoms with van der Waals surface area (Å²) >= 11 is 0. The molecule has 0 aromatic heterocycles. The van der Waals surface area contributed by atoms with E-state index < -0.39 is 18.1 Å². The van der Waals surface area contributed by atoms with Crippen molar-refractivity contribution in [1.29, 1.82) is 0 Å². The standard InChI is InChI=1S/C20H20F3NO4/c1-26-15-6-4-5-13(11-15)7-10-18(25)24-19(20(21,22)23)14-8-9-16(27-2)17(12-14)28-3/h4-12,19H,1-3H3,(H,24,25). The first-order chi connectivity index (χ1) is 13.3. The first kappa shape index (κ1) is 21.1. The van der Waals surface area contributed by atoms with Gasteiger partial charge in [-0.25, -0.2) is 0 Å². The fourth-order valence-electron chi connectivity index (χ4n) is 2.49. The zero-order valence-corrected chi connectivity index (χ0v) is 15.5. The minimum absolute atomic E-state index is 0.135. The highest BCUT2D eigenvalue weighted by Crippen LogP contribution is 2.37. The molecular weight excluding hydrogens is 375 g/mol. The number of nitrogens with one attached hydrogen (secondary N) is 1. The molecule has 0 bridgehead atoms. The molecule has 0 heterocycles. The number of methoxy groups -OCH3 is 3. The predicted molar refractivity (Wildman–Crippen MR) is 98.5 cm³/mol. The van der Waals surface area contributed by atoms with Gasteiger partial charge in [-0.05, 0) is 41.5 Å². The molecule has 0 fully saturated rings. The smallest absolute Gasteiger partial charge is 0.412 e. The van der Waals surface area contributed by atoms with Crippen molar-refractivity contribution in [3.63, 3.8) is 0 Å². The average molecular weight is 395 g/mol.